The fourth-order valence-electron chi connectivity index (χ4n) is 3.82. The van der Waals surface area contributed by atoms with E-state index in [-0.39, 0.29) is 23.6 Å². The number of aryl methyl sites for hydroxylation is 1. The molecule has 0 aromatic heterocycles. The molecule has 1 aromatic carbocycles. The monoisotopic (exact) mass is 338 g/mol. The molecule has 2 aliphatic rings. The first-order chi connectivity index (χ1) is 11.0. The normalized spacial score (nSPS) is 27.9. The van der Waals surface area contributed by atoms with Crippen molar-refractivity contribution in [3.8, 4) is 0 Å². The van der Waals surface area contributed by atoms with Crippen molar-refractivity contribution >= 4 is 9.84 Å². The smallest absolute Gasteiger partial charge is 0.153 e. The Morgan fingerprint density at radius 1 is 1.17 bits per heavy atom. The van der Waals surface area contributed by atoms with E-state index in [1.54, 1.807) is 7.11 Å². The second-order valence-corrected chi connectivity index (χ2v) is 8.85. The number of ether oxygens (including phenoxy) is 1. The van der Waals surface area contributed by atoms with Crippen LogP contribution >= 0.6 is 0 Å². The van der Waals surface area contributed by atoms with Crippen molar-refractivity contribution in [1.82, 2.24) is 9.80 Å². The molecule has 0 N–H and O–H groups in total. The molecule has 2 fully saturated rings. The van der Waals surface area contributed by atoms with Gasteiger partial charge in [0.2, 0.25) is 0 Å². The fourth-order valence-corrected chi connectivity index (χ4v) is 5.87. The third kappa shape index (κ3) is 3.94. The second-order valence-electron chi connectivity index (χ2n) is 6.70. The summed E-state index contributed by atoms with van der Waals surface area (Å²) in [6.07, 6.45) is 0. The van der Waals surface area contributed by atoms with Crippen molar-refractivity contribution in [2.24, 2.45) is 0 Å². The first-order valence-corrected chi connectivity index (χ1v) is 10.0. The topological polar surface area (TPSA) is 49.9 Å². The molecule has 2 heterocycles. The number of nitrogens with zero attached hydrogens (tertiary/aromatic N) is 2. The van der Waals surface area contributed by atoms with Gasteiger partial charge in [-0.3, -0.25) is 9.80 Å². The molecular weight excluding hydrogens is 312 g/mol. The molecule has 1 aromatic rings. The van der Waals surface area contributed by atoms with Crippen LogP contribution in [0.25, 0.3) is 0 Å². The van der Waals surface area contributed by atoms with E-state index in [0.717, 1.165) is 26.2 Å². The van der Waals surface area contributed by atoms with Crippen LogP contribution in [0.3, 0.4) is 0 Å². The van der Waals surface area contributed by atoms with Crippen molar-refractivity contribution in [2.45, 2.75) is 25.6 Å². The highest BCUT2D eigenvalue weighted by Crippen LogP contribution is 2.28. The zero-order chi connectivity index (χ0) is 16.4. The lowest BCUT2D eigenvalue weighted by molar-refractivity contribution is 0.0253. The van der Waals surface area contributed by atoms with Crippen LogP contribution in [0.4, 0.5) is 0 Å². The highest BCUT2D eigenvalue weighted by Gasteiger charge is 2.46. The maximum absolute atomic E-state index is 12.2. The predicted molar refractivity (Wildman–Crippen MR) is 91.3 cm³/mol. The molecule has 0 radical (unpaired) electrons. The van der Waals surface area contributed by atoms with E-state index < -0.39 is 9.84 Å². The number of sulfone groups is 1. The number of hydrogen-bond donors (Lipinski definition) is 0. The highest BCUT2D eigenvalue weighted by molar-refractivity contribution is 7.91. The Morgan fingerprint density at radius 3 is 2.57 bits per heavy atom. The van der Waals surface area contributed by atoms with Crippen molar-refractivity contribution in [2.75, 3.05) is 44.9 Å². The Kier molecular flexibility index (Phi) is 5.06. The number of benzene rings is 1. The highest BCUT2D eigenvalue weighted by atomic mass is 32.2. The Balaban J connectivity index is 1.75. The van der Waals surface area contributed by atoms with Crippen molar-refractivity contribution in [1.29, 1.82) is 0 Å². The molecule has 2 aliphatic heterocycles. The van der Waals surface area contributed by atoms with Crippen molar-refractivity contribution in [3.63, 3.8) is 0 Å². The minimum absolute atomic E-state index is 0.103. The molecule has 0 spiro atoms. The van der Waals surface area contributed by atoms with Gasteiger partial charge in [0.1, 0.15) is 0 Å². The largest absolute Gasteiger partial charge is 0.383 e. The molecule has 0 aliphatic carbocycles. The third-order valence-electron chi connectivity index (χ3n) is 4.96. The van der Waals surface area contributed by atoms with Gasteiger partial charge < -0.3 is 4.74 Å². The van der Waals surface area contributed by atoms with Crippen molar-refractivity contribution < 1.29 is 13.2 Å². The predicted octanol–water partition coefficient (Wildman–Crippen LogP) is 0.925. The van der Waals surface area contributed by atoms with Gasteiger partial charge in [0, 0.05) is 45.4 Å². The summed E-state index contributed by atoms with van der Waals surface area (Å²) < 4.78 is 29.5. The summed E-state index contributed by atoms with van der Waals surface area (Å²) >= 11 is 0. The van der Waals surface area contributed by atoms with Gasteiger partial charge >= 0.3 is 0 Å². The number of methoxy groups -OCH3 is 1. The van der Waals surface area contributed by atoms with Crippen LogP contribution in [0.1, 0.15) is 11.1 Å². The zero-order valence-electron chi connectivity index (χ0n) is 13.9. The lowest BCUT2D eigenvalue weighted by atomic mass is 10.0. The van der Waals surface area contributed by atoms with Gasteiger partial charge in [-0.05, 0) is 12.5 Å². The molecule has 0 amide bonds. The molecule has 0 unspecified atom stereocenters. The van der Waals surface area contributed by atoms with Gasteiger partial charge in [-0.2, -0.15) is 0 Å². The summed E-state index contributed by atoms with van der Waals surface area (Å²) in [6.45, 7) is 6.21. The number of rotatable bonds is 5. The van der Waals surface area contributed by atoms with Gasteiger partial charge in [-0.25, -0.2) is 8.42 Å². The average molecular weight is 338 g/mol. The number of hydrogen-bond acceptors (Lipinski definition) is 5. The van der Waals surface area contributed by atoms with Gasteiger partial charge in [-0.15, -0.1) is 0 Å². The molecule has 128 valence electrons. The van der Waals surface area contributed by atoms with Gasteiger partial charge in [0.15, 0.2) is 9.84 Å². The van der Waals surface area contributed by atoms with Crippen LogP contribution in [0.15, 0.2) is 24.3 Å². The van der Waals surface area contributed by atoms with E-state index in [4.69, 9.17) is 4.74 Å². The molecule has 23 heavy (non-hydrogen) atoms. The zero-order valence-corrected chi connectivity index (χ0v) is 14.8. The first kappa shape index (κ1) is 16.9. The summed E-state index contributed by atoms with van der Waals surface area (Å²) in [5, 5.41) is 0. The molecule has 3 rings (SSSR count). The van der Waals surface area contributed by atoms with Gasteiger partial charge in [0.05, 0.1) is 18.1 Å². The maximum Gasteiger partial charge on any atom is 0.153 e. The summed E-state index contributed by atoms with van der Waals surface area (Å²) in [4.78, 5) is 4.65. The number of piperazine rings is 1. The lowest BCUT2D eigenvalue weighted by Gasteiger charge is -2.44. The van der Waals surface area contributed by atoms with Crippen LogP contribution in [-0.2, 0) is 21.1 Å². The molecule has 2 saturated heterocycles. The lowest BCUT2D eigenvalue weighted by Crippen LogP contribution is -2.59. The van der Waals surface area contributed by atoms with E-state index in [1.807, 2.05) is 0 Å². The molecule has 0 saturated carbocycles. The maximum atomic E-state index is 12.2. The summed E-state index contributed by atoms with van der Waals surface area (Å²) in [7, 11) is -1.25. The van der Waals surface area contributed by atoms with E-state index in [0.29, 0.717) is 6.61 Å². The Labute approximate surface area is 139 Å². The van der Waals surface area contributed by atoms with Crippen molar-refractivity contribution in [3.05, 3.63) is 35.4 Å². The molecule has 2 atom stereocenters. The van der Waals surface area contributed by atoms with E-state index >= 15 is 0 Å². The first-order valence-electron chi connectivity index (χ1n) is 8.21. The van der Waals surface area contributed by atoms with E-state index in [2.05, 4.69) is 41.0 Å². The molecule has 5 nitrogen and oxygen atoms in total. The number of fused-ring (bicyclic) bond motifs is 1. The van der Waals surface area contributed by atoms with Gasteiger partial charge in [0.25, 0.3) is 0 Å². The molecular formula is C17H26N2O3S. The van der Waals surface area contributed by atoms with Crippen LogP contribution in [0.5, 0.6) is 0 Å². The van der Waals surface area contributed by atoms with E-state index in [9.17, 15) is 8.42 Å². The fraction of sp³-hybridized carbons (Fsp3) is 0.647. The minimum Gasteiger partial charge on any atom is -0.383 e. The van der Waals surface area contributed by atoms with Gasteiger partial charge in [-0.1, -0.05) is 29.8 Å². The standard InChI is InChI=1S/C17H26N2O3S/c1-14-4-3-5-15(10-14)11-19-7-6-18(8-9-22-2)16-12-23(20,21)13-17(16)19/h3-5,10,16-17H,6-9,11-13H2,1-2H3/t16-,17+/m1/s1. The SMILES string of the molecule is COCCN1CCN(Cc2cccc(C)c2)[C@H]2CS(=O)(=O)C[C@H]21. The third-order valence-corrected chi connectivity index (χ3v) is 6.66. The average Bonchev–Trinajstić information content (AvgIpc) is 2.82. The molecule has 0 bridgehead atoms. The van der Waals surface area contributed by atoms with Crippen LogP contribution in [0, 0.1) is 6.92 Å². The Bertz CT molecular complexity index is 647. The second kappa shape index (κ2) is 6.89. The summed E-state index contributed by atoms with van der Waals surface area (Å²) in [5.41, 5.74) is 2.51. The van der Waals surface area contributed by atoms with E-state index in [1.165, 1.54) is 11.1 Å². The quantitative estimate of drug-likeness (QED) is 0.799. The minimum atomic E-state index is -2.94. The molecule has 6 heteroatoms. The van der Waals surface area contributed by atoms with Crippen LogP contribution in [0.2, 0.25) is 0 Å². The van der Waals surface area contributed by atoms with Crippen LogP contribution in [-0.4, -0.2) is 75.2 Å². The summed E-state index contributed by atoms with van der Waals surface area (Å²) in [6, 6.07) is 8.69. The van der Waals surface area contributed by atoms with Crippen LogP contribution < -0.4 is 0 Å². The Morgan fingerprint density at radius 2 is 1.87 bits per heavy atom. The Hall–Kier alpha value is -0.950. The summed E-state index contributed by atoms with van der Waals surface area (Å²) in [5.74, 6) is 0.568.